The highest BCUT2D eigenvalue weighted by molar-refractivity contribution is 5.82. The molecule has 1 aromatic carbocycles. The average Bonchev–Trinajstić information content (AvgIpc) is 2.52. The summed E-state index contributed by atoms with van der Waals surface area (Å²) in [6.07, 6.45) is 2.65. The van der Waals surface area contributed by atoms with Crippen LogP contribution in [-0.4, -0.2) is 33.8 Å². The number of pyridine rings is 1. The molecular formula is C19H24N2O4. The number of benzene rings is 1. The van der Waals surface area contributed by atoms with Crippen LogP contribution < -0.4 is 5.32 Å². The molecule has 0 aliphatic heterocycles. The van der Waals surface area contributed by atoms with Crippen LogP contribution in [0.2, 0.25) is 0 Å². The number of carboxylic acids is 1. The number of hydrogen-bond acceptors (Lipinski definition) is 4. The molecule has 1 atom stereocenters. The Bertz CT molecular complexity index is 752. The molecule has 1 aromatic heterocycles. The molecular weight excluding hydrogens is 320 g/mol. The summed E-state index contributed by atoms with van der Waals surface area (Å²) in [6, 6.07) is 8.98. The summed E-state index contributed by atoms with van der Waals surface area (Å²) in [6.45, 7) is 5.19. The van der Waals surface area contributed by atoms with Gasteiger partial charge in [-0.1, -0.05) is 24.3 Å². The quantitative estimate of drug-likeness (QED) is 0.837. The highest BCUT2D eigenvalue weighted by Gasteiger charge is 2.23. The summed E-state index contributed by atoms with van der Waals surface area (Å²) in [5.74, 6) is -1.07. The third-order valence-corrected chi connectivity index (χ3v) is 3.60. The van der Waals surface area contributed by atoms with Gasteiger partial charge in [-0.05, 0) is 51.5 Å². The Balaban J connectivity index is 1.89. The maximum Gasteiger partial charge on any atom is 0.408 e. The maximum atomic E-state index is 11.7. The Morgan fingerprint density at radius 3 is 2.56 bits per heavy atom. The van der Waals surface area contributed by atoms with E-state index in [1.54, 1.807) is 20.8 Å². The lowest BCUT2D eigenvalue weighted by Crippen LogP contribution is -2.43. The zero-order valence-corrected chi connectivity index (χ0v) is 14.8. The highest BCUT2D eigenvalue weighted by Crippen LogP contribution is 2.15. The van der Waals surface area contributed by atoms with Gasteiger partial charge >= 0.3 is 12.1 Å². The van der Waals surface area contributed by atoms with E-state index < -0.39 is 23.7 Å². The largest absolute Gasteiger partial charge is 0.480 e. The highest BCUT2D eigenvalue weighted by atomic mass is 16.6. The molecule has 0 aliphatic rings. The summed E-state index contributed by atoms with van der Waals surface area (Å²) in [5.41, 5.74) is 0.238. The SMILES string of the molecule is CC(C)(C)OC(=O)NC(CCCc1cc2ccccc2cn1)C(=O)O. The molecule has 0 spiro atoms. The van der Waals surface area contributed by atoms with Crippen LogP contribution in [0.1, 0.15) is 39.3 Å². The molecule has 2 aromatic rings. The van der Waals surface area contributed by atoms with E-state index >= 15 is 0 Å². The van der Waals surface area contributed by atoms with Crippen LogP contribution in [0.25, 0.3) is 10.8 Å². The molecule has 1 unspecified atom stereocenters. The Labute approximate surface area is 147 Å². The predicted octanol–water partition coefficient (Wildman–Crippen LogP) is 3.54. The zero-order chi connectivity index (χ0) is 18.4. The number of nitrogens with zero attached hydrogens (tertiary/aromatic N) is 1. The van der Waals surface area contributed by atoms with E-state index in [2.05, 4.69) is 10.3 Å². The lowest BCUT2D eigenvalue weighted by molar-refractivity contribution is -0.139. The van der Waals surface area contributed by atoms with Crippen molar-refractivity contribution in [2.75, 3.05) is 0 Å². The number of aryl methyl sites for hydroxylation is 1. The van der Waals surface area contributed by atoms with E-state index in [-0.39, 0.29) is 0 Å². The number of hydrogen-bond donors (Lipinski definition) is 2. The molecule has 0 fully saturated rings. The smallest absolute Gasteiger partial charge is 0.408 e. The van der Waals surface area contributed by atoms with Crippen molar-refractivity contribution in [3.8, 4) is 0 Å². The van der Waals surface area contributed by atoms with Crippen LogP contribution in [-0.2, 0) is 16.0 Å². The van der Waals surface area contributed by atoms with Gasteiger partial charge in [-0.2, -0.15) is 0 Å². The van der Waals surface area contributed by atoms with Gasteiger partial charge in [0.2, 0.25) is 0 Å². The monoisotopic (exact) mass is 344 g/mol. The number of aliphatic carboxylic acids is 1. The van der Waals surface area contributed by atoms with Crippen LogP contribution in [0.4, 0.5) is 4.79 Å². The second-order valence-electron chi connectivity index (χ2n) is 6.95. The van der Waals surface area contributed by atoms with E-state index in [0.29, 0.717) is 19.3 Å². The first kappa shape index (κ1) is 18.7. The van der Waals surface area contributed by atoms with E-state index in [0.717, 1.165) is 16.5 Å². The van der Waals surface area contributed by atoms with Gasteiger partial charge in [0.1, 0.15) is 11.6 Å². The van der Waals surface area contributed by atoms with Gasteiger partial charge in [-0.25, -0.2) is 9.59 Å². The molecule has 0 radical (unpaired) electrons. The van der Waals surface area contributed by atoms with Crippen LogP contribution in [0.15, 0.2) is 36.5 Å². The summed E-state index contributed by atoms with van der Waals surface area (Å²) in [4.78, 5) is 27.5. The molecule has 0 aliphatic carbocycles. The topological polar surface area (TPSA) is 88.5 Å². The van der Waals surface area contributed by atoms with Crippen molar-refractivity contribution < 1.29 is 19.4 Å². The average molecular weight is 344 g/mol. The number of carboxylic acid groups (broad SMARTS) is 1. The van der Waals surface area contributed by atoms with E-state index in [1.165, 1.54) is 0 Å². The third kappa shape index (κ3) is 6.06. The van der Waals surface area contributed by atoms with Crippen molar-refractivity contribution in [3.63, 3.8) is 0 Å². The number of nitrogens with one attached hydrogen (secondary N) is 1. The van der Waals surface area contributed by atoms with E-state index in [1.807, 2.05) is 36.5 Å². The van der Waals surface area contributed by atoms with Crippen LogP contribution in [0, 0.1) is 0 Å². The van der Waals surface area contributed by atoms with Crippen molar-refractivity contribution in [3.05, 3.63) is 42.2 Å². The molecule has 0 saturated heterocycles. The second kappa shape index (κ2) is 7.96. The van der Waals surface area contributed by atoms with Crippen molar-refractivity contribution in [1.82, 2.24) is 10.3 Å². The summed E-state index contributed by atoms with van der Waals surface area (Å²) in [7, 11) is 0. The molecule has 25 heavy (non-hydrogen) atoms. The first-order valence-corrected chi connectivity index (χ1v) is 8.30. The molecule has 0 bridgehead atoms. The first-order valence-electron chi connectivity index (χ1n) is 8.30. The van der Waals surface area contributed by atoms with Gasteiger partial charge in [0.15, 0.2) is 0 Å². The van der Waals surface area contributed by atoms with Crippen molar-refractivity contribution in [1.29, 1.82) is 0 Å². The van der Waals surface area contributed by atoms with Crippen molar-refractivity contribution in [2.45, 2.75) is 51.7 Å². The first-order chi connectivity index (χ1) is 11.7. The summed E-state index contributed by atoms with van der Waals surface area (Å²) < 4.78 is 5.11. The number of fused-ring (bicyclic) bond motifs is 1. The van der Waals surface area contributed by atoms with Crippen molar-refractivity contribution >= 4 is 22.8 Å². The van der Waals surface area contributed by atoms with Gasteiger partial charge in [0.25, 0.3) is 0 Å². The minimum absolute atomic E-state index is 0.309. The summed E-state index contributed by atoms with van der Waals surface area (Å²) >= 11 is 0. The molecule has 6 nitrogen and oxygen atoms in total. The fraction of sp³-hybridized carbons (Fsp3) is 0.421. The molecule has 6 heteroatoms. The lowest BCUT2D eigenvalue weighted by Gasteiger charge is -2.22. The Hall–Kier alpha value is -2.63. The Morgan fingerprint density at radius 1 is 1.24 bits per heavy atom. The van der Waals surface area contributed by atoms with Gasteiger partial charge in [-0.15, -0.1) is 0 Å². The molecule has 134 valence electrons. The predicted molar refractivity (Wildman–Crippen MR) is 95.5 cm³/mol. The molecule has 2 rings (SSSR count). The van der Waals surface area contributed by atoms with Gasteiger partial charge in [0, 0.05) is 17.3 Å². The minimum atomic E-state index is -1.07. The molecule has 0 saturated carbocycles. The number of alkyl carbamates (subject to hydrolysis) is 1. The standard InChI is InChI=1S/C19H24N2O4/c1-19(2,3)25-18(24)21-16(17(22)23)10-6-9-15-11-13-7-4-5-8-14(13)12-20-15/h4-5,7-8,11-12,16H,6,9-10H2,1-3H3,(H,21,24)(H,22,23). The fourth-order valence-corrected chi connectivity index (χ4v) is 2.46. The van der Waals surface area contributed by atoms with Gasteiger partial charge < -0.3 is 15.2 Å². The normalized spacial score (nSPS) is 12.6. The number of carbonyl (C=O) groups is 2. The fourth-order valence-electron chi connectivity index (χ4n) is 2.46. The number of amides is 1. The number of aromatic nitrogens is 1. The second-order valence-corrected chi connectivity index (χ2v) is 6.95. The lowest BCUT2D eigenvalue weighted by atomic mass is 10.1. The van der Waals surface area contributed by atoms with Crippen LogP contribution >= 0.6 is 0 Å². The van der Waals surface area contributed by atoms with Crippen LogP contribution in [0.3, 0.4) is 0 Å². The van der Waals surface area contributed by atoms with Crippen LogP contribution in [0.5, 0.6) is 0 Å². The number of rotatable bonds is 6. The minimum Gasteiger partial charge on any atom is -0.480 e. The van der Waals surface area contributed by atoms with Gasteiger partial charge in [0.05, 0.1) is 0 Å². The van der Waals surface area contributed by atoms with E-state index in [4.69, 9.17) is 4.74 Å². The molecule has 1 amide bonds. The van der Waals surface area contributed by atoms with E-state index in [9.17, 15) is 14.7 Å². The Morgan fingerprint density at radius 2 is 1.92 bits per heavy atom. The Kier molecular flexibility index (Phi) is 5.96. The maximum absolute atomic E-state index is 11.7. The summed E-state index contributed by atoms with van der Waals surface area (Å²) in [5, 5.41) is 13.9. The van der Waals surface area contributed by atoms with Crippen molar-refractivity contribution in [2.24, 2.45) is 0 Å². The number of carbonyl (C=O) groups excluding carboxylic acids is 1. The molecule has 1 heterocycles. The third-order valence-electron chi connectivity index (χ3n) is 3.60. The molecule has 2 N–H and O–H groups in total. The zero-order valence-electron chi connectivity index (χ0n) is 14.8. The number of ether oxygens (including phenoxy) is 1. The van der Waals surface area contributed by atoms with Gasteiger partial charge in [-0.3, -0.25) is 4.98 Å².